The first-order valence-electron chi connectivity index (χ1n) is 9.23. The third-order valence-electron chi connectivity index (χ3n) is 4.30. The first-order chi connectivity index (χ1) is 14.8. The highest BCUT2D eigenvalue weighted by Gasteiger charge is 2.13. The van der Waals surface area contributed by atoms with Gasteiger partial charge in [-0.3, -0.25) is 19.9 Å². The van der Waals surface area contributed by atoms with Gasteiger partial charge in [0.25, 0.3) is 5.69 Å². The normalized spacial score (nSPS) is 10.3. The lowest BCUT2D eigenvalue weighted by molar-refractivity contribution is -0.385. The van der Waals surface area contributed by atoms with E-state index >= 15 is 0 Å². The fourth-order valence-corrected chi connectivity index (χ4v) is 2.89. The van der Waals surface area contributed by atoms with Crippen molar-refractivity contribution < 1.29 is 24.2 Å². The average Bonchev–Trinajstić information content (AvgIpc) is 2.74. The van der Waals surface area contributed by atoms with Crippen molar-refractivity contribution in [3.05, 3.63) is 86.9 Å². The molecule has 31 heavy (non-hydrogen) atoms. The van der Waals surface area contributed by atoms with Gasteiger partial charge in [0.15, 0.2) is 0 Å². The van der Waals surface area contributed by atoms with Crippen molar-refractivity contribution in [1.29, 1.82) is 0 Å². The van der Waals surface area contributed by atoms with Crippen LogP contribution in [0.1, 0.15) is 18.1 Å². The van der Waals surface area contributed by atoms with E-state index in [1.807, 2.05) is 12.1 Å². The number of halogens is 1. The Kier molecular flexibility index (Phi) is 6.94. The summed E-state index contributed by atoms with van der Waals surface area (Å²) in [5.74, 6) is 0.579. The van der Waals surface area contributed by atoms with Crippen LogP contribution in [0, 0.1) is 17.0 Å². The number of rotatable bonds is 8. The predicted octanol–water partition coefficient (Wildman–Crippen LogP) is 5.82. The molecule has 0 amide bonds. The van der Waals surface area contributed by atoms with Crippen LogP contribution < -0.4 is 14.9 Å². The molecule has 0 bridgehead atoms. The lowest BCUT2D eigenvalue weighted by Gasteiger charge is -2.11. The molecule has 0 radical (unpaired) electrons. The zero-order chi connectivity index (χ0) is 22.4. The van der Waals surface area contributed by atoms with Gasteiger partial charge in [-0.2, -0.15) is 0 Å². The van der Waals surface area contributed by atoms with Crippen molar-refractivity contribution in [2.45, 2.75) is 20.4 Å². The van der Waals surface area contributed by atoms with Crippen LogP contribution in [0.3, 0.4) is 0 Å². The lowest BCUT2D eigenvalue weighted by Crippen LogP contribution is -2.03. The number of anilines is 1. The Bertz CT molecular complexity index is 1100. The van der Waals surface area contributed by atoms with Gasteiger partial charge in [-0.25, -0.2) is 4.79 Å². The first-order valence-corrected chi connectivity index (χ1v) is 9.60. The summed E-state index contributed by atoms with van der Waals surface area (Å²) in [5, 5.41) is 14.6. The van der Waals surface area contributed by atoms with E-state index < -0.39 is 10.9 Å². The molecule has 0 unspecified atom stereocenters. The van der Waals surface area contributed by atoms with Crippen molar-refractivity contribution in [2.75, 3.05) is 5.32 Å². The number of hydrogen-bond donors (Lipinski definition) is 1. The number of nitrogens with zero attached hydrogens (tertiary/aromatic N) is 1. The number of benzene rings is 3. The minimum atomic E-state index is -0.605. The van der Waals surface area contributed by atoms with E-state index in [4.69, 9.17) is 21.2 Å². The molecule has 0 aromatic heterocycles. The first kappa shape index (κ1) is 21.9. The fraction of sp³-hybridized carbons (Fsp3) is 0.136. The molecule has 0 saturated carbocycles. The Labute approximate surface area is 183 Å². The Morgan fingerprint density at radius 1 is 1.10 bits per heavy atom. The van der Waals surface area contributed by atoms with Crippen LogP contribution in [0.15, 0.2) is 60.7 Å². The number of nitro benzene ring substituents is 1. The second kappa shape index (κ2) is 9.82. The van der Waals surface area contributed by atoms with Crippen LogP contribution in [0.4, 0.5) is 11.4 Å². The average molecular weight is 443 g/mol. The van der Waals surface area contributed by atoms with Gasteiger partial charge < -0.3 is 10.1 Å². The molecule has 3 aromatic rings. The van der Waals surface area contributed by atoms with Crippen molar-refractivity contribution in [2.24, 2.45) is 0 Å². The van der Waals surface area contributed by atoms with E-state index in [0.29, 0.717) is 29.3 Å². The van der Waals surface area contributed by atoms with Gasteiger partial charge in [0, 0.05) is 36.9 Å². The molecule has 0 atom stereocenters. The summed E-state index contributed by atoms with van der Waals surface area (Å²) in [6.45, 7) is 3.41. The van der Waals surface area contributed by atoms with Crippen molar-refractivity contribution >= 4 is 28.9 Å². The predicted molar refractivity (Wildman–Crippen MR) is 116 cm³/mol. The van der Waals surface area contributed by atoms with Crippen LogP contribution in [-0.2, 0) is 16.2 Å². The van der Waals surface area contributed by atoms with E-state index in [2.05, 4.69) is 10.2 Å². The van der Waals surface area contributed by atoms with Crippen molar-refractivity contribution in [3.63, 3.8) is 0 Å². The Hall–Kier alpha value is -3.78. The molecule has 0 heterocycles. The van der Waals surface area contributed by atoms with Crippen molar-refractivity contribution in [1.82, 2.24) is 0 Å². The molecular weight excluding hydrogens is 424 g/mol. The van der Waals surface area contributed by atoms with Crippen LogP contribution in [-0.4, -0.2) is 10.9 Å². The zero-order valence-electron chi connectivity index (χ0n) is 16.8. The summed E-state index contributed by atoms with van der Waals surface area (Å²) in [7, 11) is 0. The maximum atomic E-state index is 11.1. The minimum absolute atomic E-state index is 0.0776. The Balaban J connectivity index is 1.63. The van der Waals surface area contributed by atoms with Gasteiger partial charge in [0.2, 0.25) is 5.75 Å². The van der Waals surface area contributed by atoms with Gasteiger partial charge in [0.05, 0.1) is 9.95 Å². The lowest BCUT2D eigenvalue weighted by atomic mass is 10.1. The van der Waals surface area contributed by atoms with Crippen LogP contribution in [0.5, 0.6) is 17.2 Å². The molecule has 3 rings (SSSR count). The minimum Gasteiger partial charge on any atom is -0.457 e. The number of carbonyl (C=O) groups excluding carboxylic acids is 1. The second-order valence-electron chi connectivity index (χ2n) is 6.56. The Morgan fingerprint density at radius 3 is 2.48 bits per heavy atom. The van der Waals surface area contributed by atoms with Gasteiger partial charge in [-0.1, -0.05) is 29.8 Å². The second-order valence-corrected chi connectivity index (χ2v) is 6.96. The standard InChI is InChI=1S/C22H19ClN2O6/c1-14-20(4-3-5-21(14)25(27)28)24-13-16-6-8-17(9-7-16)29-18-10-11-19(23)22(12-18)31-30-15(2)26/h3-12,24H,13H2,1-2H3. The van der Waals surface area contributed by atoms with Crippen molar-refractivity contribution in [3.8, 4) is 17.2 Å². The van der Waals surface area contributed by atoms with E-state index in [9.17, 15) is 14.9 Å². The maximum absolute atomic E-state index is 11.1. The van der Waals surface area contributed by atoms with Gasteiger partial charge in [-0.15, -0.1) is 0 Å². The van der Waals surface area contributed by atoms with E-state index in [1.54, 1.807) is 43.3 Å². The quantitative estimate of drug-likeness (QED) is 0.266. The van der Waals surface area contributed by atoms with E-state index in [1.165, 1.54) is 19.1 Å². The summed E-state index contributed by atoms with van der Waals surface area (Å²) < 4.78 is 5.79. The molecule has 0 saturated heterocycles. The third kappa shape index (κ3) is 5.86. The van der Waals surface area contributed by atoms with Gasteiger partial charge in [0.1, 0.15) is 11.5 Å². The molecule has 0 aliphatic rings. The van der Waals surface area contributed by atoms with Crippen LogP contribution in [0.25, 0.3) is 0 Å². The summed E-state index contributed by atoms with van der Waals surface area (Å²) in [6, 6.07) is 17.0. The Morgan fingerprint density at radius 2 is 1.81 bits per heavy atom. The molecule has 0 fully saturated rings. The molecule has 160 valence electrons. The molecule has 9 heteroatoms. The fourth-order valence-electron chi connectivity index (χ4n) is 2.74. The number of hydrogen-bond acceptors (Lipinski definition) is 7. The molecular formula is C22H19ClN2O6. The van der Waals surface area contributed by atoms with Crippen LogP contribution in [0.2, 0.25) is 5.02 Å². The van der Waals surface area contributed by atoms with E-state index in [-0.39, 0.29) is 16.5 Å². The van der Waals surface area contributed by atoms with E-state index in [0.717, 1.165) is 5.56 Å². The topological polar surface area (TPSA) is 99.9 Å². The highest BCUT2D eigenvalue weighted by atomic mass is 35.5. The summed E-state index contributed by atoms with van der Waals surface area (Å²) in [6.07, 6.45) is 0. The third-order valence-corrected chi connectivity index (χ3v) is 4.61. The van der Waals surface area contributed by atoms with Gasteiger partial charge in [-0.05, 0) is 42.8 Å². The molecule has 3 aromatic carbocycles. The summed E-state index contributed by atoms with van der Waals surface area (Å²) in [4.78, 5) is 30.9. The number of nitrogens with one attached hydrogen (secondary N) is 1. The number of nitro groups is 1. The summed E-state index contributed by atoms with van der Waals surface area (Å²) in [5.41, 5.74) is 2.33. The van der Waals surface area contributed by atoms with Crippen LogP contribution >= 0.6 is 11.6 Å². The summed E-state index contributed by atoms with van der Waals surface area (Å²) >= 11 is 6.01. The smallest absolute Gasteiger partial charge is 0.352 e. The molecule has 1 N–H and O–H groups in total. The molecule has 0 aliphatic carbocycles. The maximum Gasteiger partial charge on any atom is 0.352 e. The number of carbonyl (C=O) groups is 1. The molecule has 0 spiro atoms. The number of ether oxygens (including phenoxy) is 1. The SMILES string of the molecule is CC(=O)OOc1cc(Oc2ccc(CNc3cccc([N+](=O)[O-])c3C)cc2)ccc1Cl. The zero-order valence-corrected chi connectivity index (χ0v) is 17.5. The van der Waals surface area contributed by atoms with Gasteiger partial charge >= 0.3 is 5.97 Å². The molecule has 8 nitrogen and oxygen atoms in total. The largest absolute Gasteiger partial charge is 0.457 e. The highest BCUT2D eigenvalue weighted by molar-refractivity contribution is 6.32. The monoisotopic (exact) mass is 442 g/mol. The highest BCUT2D eigenvalue weighted by Crippen LogP contribution is 2.32. The molecule has 0 aliphatic heterocycles.